The van der Waals surface area contributed by atoms with Crippen molar-refractivity contribution in [2.24, 2.45) is 5.73 Å². The van der Waals surface area contributed by atoms with Gasteiger partial charge in [-0.3, -0.25) is 0 Å². The molecule has 0 spiro atoms. The Kier molecular flexibility index (Phi) is 5.37. The summed E-state index contributed by atoms with van der Waals surface area (Å²) in [5.41, 5.74) is 6.17. The molecule has 0 aliphatic rings. The first kappa shape index (κ1) is 16.4. The summed E-state index contributed by atoms with van der Waals surface area (Å²) in [6.45, 7) is 4.85. The van der Waals surface area contributed by atoms with E-state index >= 15 is 0 Å². The van der Waals surface area contributed by atoms with Gasteiger partial charge >= 0.3 is 0 Å². The number of aromatic nitrogens is 2. The highest BCUT2D eigenvalue weighted by Gasteiger charge is 2.28. The summed E-state index contributed by atoms with van der Waals surface area (Å²) in [6, 6.07) is 5.39. The first-order valence-corrected chi connectivity index (χ1v) is 7.77. The van der Waals surface area contributed by atoms with Crippen molar-refractivity contribution >= 4 is 27.5 Å². The van der Waals surface area contributed by atoms with E-state index in [2.05, 4.69) is 26.1 Å². The second-order valence-electron chi connectivity index (χ2n) is 5.02. The Morgan fingerprint density at radius 2 is 2.24 bits per heavy atom. The lowest BCUT2D eigenvalue weighted by molar-refractivity contribution is 0.0867. The highest BCUT2D eigenvalue weighted by atomic mass is 79.9. The van der Waals surface area contributed by atoms with Gasteiger partial charge in [0, 0.05) is 16.6 Å². The van der Waals surface area contributed by atoms with Crippen LogP contribution in [-0.2, 0) is 10.3 Å². The molecule has 114 valence electrons. The minimum atomic E-state index is -0.791. The Labute approximate surface area is 136 Å². The van der Waals surface area contributed by atoms with E-state index in [1.807, 2.05) is 26.0 Å². The maximum atomic E-state index is 6.18. The standard InChI is InChI=1S/C14H17BrClN3O2/c1-3-6-20-8-14(2,17)13-18-12(21-19-13)9-4-5-11(16)10(15)7-9/h4-5,7H,3,6,8,17H2,1-2H3. The molecule has 0 aliphatic carbocycles. The van der Waals surface area contributed by atoms with Gasteiger partial charge in [0.05, 0.1) is 11.6 Å². The molecule has 0 aliphatic heterocycles. The molecule has 21 heavy (non-hydrogen) atoms. The predicted molar refractivity (Wildman–Crippen MR) is 85.1 cm³/mol. The predicted octanol–water partition coefficient (Wildman–Crippen LogP) is 3.75. The highest BCUT2D eigenvalue weighted by Crippen LogP contribution is 2.28. The maximum Gasteiger partial charge on any atom is 0.258 e. The smallest absolute Gasteiger partial charge is 0.258 e. The van der Waals surface area contributed by atoms with Crippen molar-refractivity contribution in [3.63, 3.8) is 0 Å². The Morgan fingerprint density at radius 3 is 2.90 bits per heavy atom. The molecule has 7 heteroatoms. The molecule has 2 rings (SSSR count). The van der Waals surface area contributed by atoms with Gasteiger partial charge in [-0.15, -0.1) is 0 Å². The lowest BCUT2D eigenvalue weighted by atomic mass is 10.1. The van der Waals surface area contributed by atoms with E-state index in [0.717, 1.165) is 16.5 Å². The highest BCUT2D eigenvalue weighted by molar-refractivity contribution is 9.10. The van der Waals surface area contributed by atoms with Crippen LogP contribution in [0, 0.1) is 0 Å². The number of rotatable bonds is 6. The average molecular weight is 375 g/mol. The lowest BCUT2D eigenvalue weighted by Crippen LogP contribution is -2.39. The first-order chi connectivity index (χ1) is 9.94. The molecule has 5 nitrogen and oxygen atoms in total. The molecule has 0 amide bonds. The van der Waals surface area contributed by atoms with Crippen LogP contribution in [-0.4, -0.2) is 23.4 Å². The quantitative estimate of drug-likeness (QED) is 0.779. The van der Waals surface area contributed by atoms with Crippen molar-refractivity contribution in [1.82, 2.24) is 10.1 Å². The van der Waals surface area contributed by atoms with E-state index in [9.17, 15) is 0 Å². The van der Waals surface area contributed by atoms with Crippen LogP contribution in [0.1, 0.15) is 26.1 Å². The van der Waals surface area contributed by atoms with E-state index in [-0.39, 0.29) is 0 Å². The van der Waals surface area contributed by atoms with Gasteiger partial charge in [0.2, 0.25) is 0 Å². The Hall–Kier alpha value is -0.950. The number of ether oxygens (including phenoxy) is 1. The van der Waals surface area contributed by atoms with Crippen LogP contribution in [0.4, 0.5) is 0 Å². The zero-order valence-electron chi connectivity index (χ0n) is 11.9. The number of halogens is 2. The van der Waals surface area contributed by atoms with Gasteiger partial charge in [-0.05, 0) is 47.5 Å². The van der Waals surface area contributed by atoms with Crippen LogP contribution in [0.5, 0.6) is 0 Å². The van der Waals surface area contributed by atoms with Gasteiger partial charge in [0.25, 0.3) is 5.89 Å². The van der Waals surface area contributed by atoms with Gasteiger partial charge in [-0.1, -0.05) is 23.7 Å². The summed E-state index contributed by atoms with van der Waals surface area (Å²) in [4.78, 5) is 4.35. The largest absolute Gasteiger partial charge is 0.379 e. The molecule has 0 saturated carbocycles. The molecule has 1 aromatic heterocycles. The number of hydrogen-bond acceptors (Lipinski definition) is 5. The van der Waals surface area contributed by atoms with Gasteiger partial charge in [0.15, 0.2) is 5.82 Å². The molecule has 0 radical (unpaired) electrons. The molecule has 2 aromatic rings. The molecule has 1 unspecified atom stereocenters. The summed E-state index contributed by atoms with van der Waals surface area (Å²) >= 11 is 9.33. The van der Waals surface area contributed by atoms with Crippen molar-refractivity contribution in [2.75, 3.05) is 13.2 Å². The van der Waals surface area contributed by atoms with E-state index in [1.54, 1.807) is 6.07 Å². The Balaban J connectivity index is 2.18. The zero-order chi connectivity index (χ0) is 15.5. The third kappa shape index (κ3) is 4.03. The Bertz CT molecular complexity index is 616. The second-order valence-corrected chi connectivity index (χ2v) is 6.28. The second kappa shape index (κ2) is 6.87. The summed E-state index contributed by atoms with van der Waals surface area (Å²) in [5, 5.41) is 4.58. The van der Waals surface area contributed by atoms with Crippen molar-refractivity contribution in [3.8, 4) is 11.5 Å². The van der Waals surface area contributed by atoms with Crippen molar-refractivity contribution in [1.29, 1.82) is 0 Å². The minimum absolute atomic E-state index is 0.337. The SMILES string of the molecule is CCCOCC(C)(N)c1noc(-c2ccc(Cl)c(Br)c2)n1. The fourth-order valence-corrected chi connectivity index (χ4v) is 2.19. The topological polar surface area (TPSA) is 74.2 Å². The minimum Gasteiger partial charge on any atom is -0.379 e. The van der Waals surface area contributed by atoms with Crippen LogP contribution in [0.25, 0.3) is 11.5 Å². The van der Waals surface area contributed by atoms with E-state index in [0.29, 0.717) is 30.0 Å². The van der Waals surface area contributed by atoms with Gasteiger partial charge < -0.3 is 15.0 Å². The van der Waals surface area contributed by atoms with Crippen molar-refractivity contribution < 1.29 is 9.26 Å². The van der Waals surface area contributed by atoms with Crippen LogP contribution < -0.4 is 5.73 Å². The third-order valence-electron chi connectivity index (χ3n) is 2.85. The Morgan fingerprint density at radius 1 is 1.48 bits per heavy atom. The van der Waals surface area contributed by atoms with Gasteiger partial charge in [-0.2, -0.15) is 4.98 Å². The van der Waals surface area contributed by atoms with Crippen LogP contribution >= 0.6 is 27.5 Å². The summed E-state index contributed by atoms with van der Waals surface area (Å²) in [7, 11) is 0. The lowest BCUT2D eigenvalue weighted by Gasteiger charge is -2.19. The first-order valence-electron chi connectivity index (χ1n) is 6.60. The number of hydrogen-bond donors (Lipinski definition) is 1. The van der Waals surface area contributed by atoms with Crippen LogP contribution in [0.3, 0.4) is 0 Å². The van der Waals surface area contributed by atoms with Crippen molar-refractivity contribution in [3.05, 3.63) is 33.5 Å². The van der Waals surface area contributed by atoms with Crippen molar-refractivity contribution in [2.45, 2.75) is 25.8 Å². The summed E-state index contributed by atoms with van der Waals surface area (Å²) in [5.74, 6) is 0.814. The molecule has 0 bridgehead atoms. The normalized spacial score (nSPS) is 14.1. The van der Waals surface area contributed by atoms with Gasteiger partial charge in [0.1, 0.15) is 5.54 Å². The monoisotopic (exact) mass is 373 g/mol. The van der Waals surface area contributed by atoms with Crippen LogP contribution in [0.15, 0.2) is 27.2 Å². The molecule has 2 N–H and O–H groups in total. The number of nitrogens with two attached hydrogens (primary N) is 1. The van der Waals surface area contributed by atoms with E-state index in [4.69, 9.17) is 26.6 Å². The fourth-order valence-electron chi connectivity index (χ4n) is 1.69. The molecule has 1 heterocycles. The summed E-state index contributed by atoms with van der Waals surface area (Å²) in [6.07, 6.45) is 0.937. The van der Waals surface area contributed by atoms with E-state index < -0.39 is 5.54 Å². The number of nitrogens with zero attached hydrogens (tertiary/aromatic N) is 2. The molecular weight excluding hydrogens is 358 g/mol. The molecule has 0 fully saturated rings. The van der Waals surface area contributed by atoms with Crippen LogP contribution in [0.2, 0.25) is 5.02 Å². The van der Waals surface area contributed by atoms with E-state index in [1.165, 1.54) is 0 Å². The third-order valence-corrected chi connectivity index (χ3v) is 4.07. The molecule has 0 saturated heterocycles. The summed E-state index contributed by atoms with van der Waals surface area (Å²) < 4.78 is 11.5. The van der Waals surface area contributed by atoms with Gasteiger partial charge in [-0.25, -0.2) is 0 Å². The molecular formula is C14H17BrClN3O2. The average Bonchev–Trinajstić information content (AvgIpc) is 2.92. The molecule has 1 aromatic carbocycles. The number of benzene rings is 1. The zero-order valence-corrected chi connectivity index (χ0v) is 14.2. The fraction of sp³-hybridized carbons (Fsp3) is 0.429. The molecule has 1 atom stereocenters. The maximum absolute atomic E-state index is 6.18.